The summed E-state index contributed by atoms with van der Waals surface area (Å²) in [6.07, 6.45) is 4.86. The summed E-state index contributed by atoms with van der Waals surface area (Å²) in [7, 11) is 0. The largest absolute Gasteiger partial charge is 0.352 e. The van der Waals surface area contributed by atoms with Gasteiger partial charge in [-0.1, -0.05) is 57.2 Å². The van der Waals surface area contributed by atoms with Gasteiger partial charge in [-0.2, -0.15) is 0 Å². The molecule has 5 nitrogen and oxygen atoms in total. The van der Waals surface area contributed by atoms with E-state index in [0.29, 0.717) is 12.1 Å². The van der Waals surface area contributed by atoms with Gasteiger partial charge in [0.1, 0.15) is 5.82 Å². The Bertz CT molecular complexity index is 1190. The lowest BCUT2D eigenvalue weighted by Crippen LogP contribution is -2.25. The van der Waals surface area contributed by atoms with Crippen molar-refractivity contribution in [3.8, 4) is 0 Å². The van der Waals surface area contributed by atoms with Crippen molar-refractivity contribution in [1.29, 1.82) is 0 Å². The topological polar surface area (TPSA) is 59.8 Å². The van der Waals surface area contributed by atoms with Crippen LogP contribution in [0.4, 0.5) is 0 Å². The first kappa shape index (κ1) is 21.8. The molecule has 0 aliphatic heterocycles. The van der Waals surface area contributed by atoms with Crippen LogP contribution >= 0.6 is 0 Å². The van der Waals surface area contributed by atoms with Gasteiger partial charge in [0.2, 0.25) is 0 Å². The van der Waals surface area contributed by atoms with Crippen LogP contribution in [0.1, 0.15) is 54.5 Å². The molecule has 0 aliphatic carbocycles. The summed E-state index contributed by atoms with van der Waals surface area (Å²) in [6.45, 7) is 8.07. The Morgan fingerprint density at radius 3 is 2.50 bits per heavy atom. The van der Waals surface area contributed by atoms with Gasteiger partial charge >= 0.3 is 0 Å². The molecule has 0 bridgehead atoms. The fourth-order valence-corrected chi connectivity index (χ4v) is 3.83. The highest BCUT2D eigenvalue weighted by atomic mass is 16.1. The number of fused-ring (bicyclic) bond motifs is 1. The van der Waals surface area contributed by atoms with Crippen molar-refractivity contribution in [2.45, 2.75) is 45.6 Å². The zero-order valence-electron chi connectivity index (χ0n) is 19.0. The minimum Gasteiger partial charge on any atom is -0.352 e. The van der Waals surface area contributed by atoms with Crippen LogP contribution in [0.5, 0.6) is 0 Å². The van der Waals surface area contributed by atoms with Crippen LogP contribution in [0.25, 0.3) is 11.0 Å². The van der Waals surface area contributed by atoms with Crippen LogP contribution in [0, 0.1) is 0 Å². The molecule has 2 aromatic carbocycles. The Hall–Kier alpha value is -3.47. The fourth-order valence-electron chi connectivity index (χ4n) is 3.83. The second-order valence-corrected chi connectivity index (χ2v) is 9.15. The summed E-state index contributed by atoms with van der Waals surface area (Å²) in [5, 5.41) is 2.98. The number of imidazole rings is 1. The zero-order valence-corrected chi connectivity index (χ0v) is 19.0. The molecule has 0 saturated heterocycles. The quantitative estimate of drug-likeness (QED) is 0.416. The van der Waals surface area contributed by atoms with Crippen molar-refractivity contribution in [2.75, 3.05) is 6.54 Å². The van der Waals surface area contributed by atoms with E-state index in [1.165, 1.54) is 11.1 Å². The predicted molar refractivity (Wildman–Crippen MR) is 129 cm³/mol. The number of carbonyl (C=O) groups is 1. The van der Waals surface area contributed by atoms with E-state index in [1.807, 2.05) is 6.07 Å². The molecule has 2 heterocycles. The Morgan fingerprint density at radius 1 is 1.00 bits per heavy atom. The lowest BCUT2D eigenvalue weighted by Gasteiger charge is -2.19. The average Bonchev–Trinajstić information content (AvgIpc) is 3.14. The van der Waals surface area contributed by atoms with Crippen LogP contribution < -0.4 is 5.32 Å². The number of rotatable bonds is 7. The highest BCUT2D eigenvalue weighted by Gasteiger charge is 2.14. The van der Waals surface area contributed by atoms with E-state index < -0.39 is 0 Å². The maximum absolute atomic E-state index is 12.2. The number of nitrogens with one attached hydrogen (secondary N) is 1. The molecule has 0 radical (unpaired) electrons. The summed E-state index contributed by atoms with van der Waals surface area (Å²) in [4.78, 5) is 21.1. The van der Waals surface area contributed by atoms with Crippen molar-refractivity contribution in [2.24, 2.45) is 0 Å². The van der Waals surface area contributed by atoms with Crippen LogP contribution in [0.15, 0.2) is 73.1 Å². The van der Waals surface area contributed by atoms with Crippen LogP contribution in [0.3, 0.4) is 0 Å². The number of pyridine rings is 1. The fraction of sp³-hybridized carbons (Fsp3) is 0.296. The number of aromatic nitrogens is 3. The first-order valence-electron chi connectivity index (χ1n) is 11.1. The van der Waals surface area contributed by atoms with Gasteiger partial charge in [-0.3, -0.25) is 9.78 Å². The number of para-hydroxylation sites is 2. The number of nitrogens with zero attached hydrogens (tertiary/aromatic N) is 3. The molecule has 0 atom stereocenters. The van der Waals surface area contributed by atoms with Gasteiger partial charge in [0.05, 0.1) is 16.6 Å². The van der Waals surface area contributed by atoms with Gasteiger partial charge in [-0.25, -0.2) is 4.98 Å². The number of amides is 1. The van der Waals surface area contributed by atoms with Crippen molar-refractivity contribution in [3.63, 3.8) is 0 Å². The van der Waals surface area contributed by atoms with E-state index in [4.69, 9.17) is 4.98 Å². The van der Waals surface area contributed by atoms with Gasteiger partial charge in [0.15, 0.2) is 0 Å². The molecule has 0 spiro atoms. The predicted octanol–water partition coefficient (Wildman–Crippen LogP) is 5.14. The van der Waals surface area contributed by atoms with Crippen LogP contribution in [-0.4, -0.2) is 27.0 Å². The minimum atomic E-state index is -0.0921. The van der Waals surface area contributed by atoms with Gasteiger partial charge in [-0.05, 0) is 47.2 Å². The number of carbonyl (C=O) groups excluding carboxylic acids is 1. The maximum atomic E-state index is 12.2. The molecule has 4 rings (SSSR count). The van der Waals surface area contributed by atoms with E-state index in [-0.39, 0.29) is 11.3 Å². The van der Waals surface area contributed by atoms with E-state index in [1.54, 1.807) is 24.5 Å². The molecule has 1 N–H and O–H groups in total. The summed E-state index contributed by atoms with van der Waals surface area (Å²) < 4.78 is 2.30. The Balaban J connectivity index is 1.46. The summed E-state index contributed by atoms with van der Waals surface area (Å²) in [5.74, 6) is 0.951. The van der Waals surface area contributed by atoms with E-state index in [2.05, 4.69) is 78.1 Å². The Kier molecular flexibility index (Phi) is 6.35. The summed E-state index contributed by atoms with van der Waals surface area (Å²) in [5.41, 5.74) is 5.47. The molecular formula is C27H30N4O. The average molecular weight is 427 g/mol. The van der Waals surface area contributed by atoms with Gasteiger partial charge in [0, 0.05) is 31.9 Å². The van der Waals surface area contributed by atoms with E-state index in [9.17, 15) is 4.79 Å². The van der Waals surface area contributed by atoms with Gasteiger partial charge < -0.3 is 9.88 Å². The smallest absolute Gasteiger partial charge is 0.252 e. The lowest BCUT2D eigenvalue weighted by atomic mass is 9.87. The second-order valence-electron chi connectivity index (χ2n) is 9.15. The van der Waals surface area contributed by atoms with E-state index >= 15 is 0 Å². The first-order chi connectivity index (χ1) is 15.4. The number of benzene rings is 2. The summed E-state index contributed by atoms with van der Waals surface area (Å²) >= 11 is 0. The molecule has 1 amide bonds. The van der Waals surface area contributed by atoms with Gasteiger partial charge in [0.25, 0.3) is 5.91 Å². The molecule has 0 fully saturated rings. The highest BCUT2D eigenvalue weighted by molar-refractivity contribution is 5.93. The molecule has 4 aromatic rings. The van der Waals surface area contributed by atoms with Crippen molar-refractivity contribution in [3.05, 3.63) is 95.6 Å². The third-order valence-electron chi connectivity index (χ3n) is 5.68. The molecule has 0 aliphatic rings. The van der Waals surface area contributed by atoms with Crippen molar-refractivity contribution in [1.82, 2.24) is 19.9 Å². The normalized spacial score (nSPS) is 11.6. The SMILES string of the molecule is CC(C)(C)c1ccc(Cn2c(CCCNC(=O)c3cccnc3)nc3ccccc32)cc1. The van der Waals surface area contributed by atoms with E-state index in [0.717, 1.165) is 36.2 Å². The third-order valence-corrected chi connectivity index (χ3v) is 5.68. The minimum absolute atomic E-state index is 0.0921. The second kappa shape index (κ2) is 9.35. The zero-order chi connectivity index (χ0) is 22.6. The van der Waals surface area contributed by atoms with Gasteiger partial charge in [-0.15, -0.1) is 0 Å². The van der Waals surface area contributed by atoms with Crippen LogP contribution in [-0.2, 0) is 18.4 Å². The first-order valence-corrected chi connectivity index (χ1v) is 11.1. The molecule has 0 saturated carbocycles. The lowest BCUT2D eigenvalue weighted by molar-refractivity contribution is 0.0952. The number of hydrogen-bond donors (Lipinski definition) is 1. The number of hydrogen-bond acceptors (Lipinski definition) is 3. The molecule has 0 unspecified atom stereocenters. The molecule has 32 heavy (non-hydrogen) atoms. The van der Waals surface area contributed by atoms with Crippen molar-refractivity contribution < 1.29 is 4.79 Å². The standard InChI is InChI=1S/C27H30N4O/c1-27(2,3)22-14-12-20(13-15-22)19-31-24-10-5-4-9-23(24)30-25(31)11-7-17-29-26(32)21-8-6-16-28-18-21/h4-6,8-10,12-16,18H,7,11,17,19H2,1-3H3,(H,29,32). The monoisotopic (exact) mass is 426 g/mol. The Labute approximate surface area is 189 Å². The maximum Gasteiger partial charge on any atom is 0.252 e. The molecule has 2 aromatic heterocycles. The molecular weight excluding hydrogens is 396 g/mol. The Morgan fingerprint density at radius 2 is 1.78 bits per heavy atom. The van der Waals surface area contributed by atoms with Crippen molar-refractivity contribution >= 4 is 16.9 Å². The molecule has 5 heteroatoms. The van der Waals surface area contributed by atoms with Crippen LogP contribution in [0.2, 0.25) is 0 Å². The third kappa shape index (κ3) is 5.05. The summed E-state index contributed by atoms with van der Waals surface area (Å²) in [6, 6.07) is 20.7. The number of aryl methyl sites for hydroxylation is 1. The highest BCUT2D eigenvalue weighted by Crippen LogP contribution is 2.24. The molecule has 164 valence electrons.